The lowest BCUT2D eigenvalue weighted by Crippen LogP contribution is -2.51. The molecule has 0 saturated heterocycles. The van der Waals surface area contributed by atoms with Crippen molar-refractivity contribution >= 4 is 0 Å². The Kier molecular flexibility index (Phi) is 6.90. The molecule has 3 N–H and O–H groups in total. The molecule has 1 aliphatic rings. The van der Waals surface area contributed by atoms with Gasteiger partial charge in [-0.15, -0.1) is 0 Å². The topological polar surface area (TPSA) is 47.3 Å². The summed E-state index contributed by atoms with van der Waals surface area (Å²) in [6.45, 7) is 11.2. The highest BCUT2D eigenvalue weighted by molar-refractivity contribution is 4.92. The van der Waals surface area contributed by atoms with Crippen LogP contribution in [0.3, 0.4) is 0 Å². The standard InChI is InChI=1S/C15H30N2O/c1-13(2)11-18-10-9-17-15(12-16)7-4-5-14(3)6-8-15/h14,17H,1,4-12,16H2,2-3H3. The van der Waals surface area contributed by atoms with Crippen molar-refractivity contribution in [3.8, 4) is 0 Å². The normalized spacial score (nSPS) is 28.9. The number of nitrogens with one attached hydrogen (secondary N) is 1. The molecule has 1 rings (SSSR count). The second kappa shape index (κ2) is 7.93. The third-order valence-corrected chi connectivity index (χ3v) is 3.95. The van der Waals surface area contributed by atoms with E-state index in [9.17, 15) is 0 Å². The van der Waals surface area contributed by atoms with Crippen LogP contribution in [0.2, 0.25) is 0 Å². The summed E-state index contributed by atoms with van der Waals surface area (Å²) in [6, 6.07) is 0. The molecule has 0 amide bonds. The van der Waals surface area contributed by atoms with E-state index in [4.69, 9.17) is 10.5 Å². The first-order valence-electron chi connectivity index (χ1n) is 7.25. The van der Waals surface area contributed by atoms with E-state index in [0.717, 1.165) is 31.2 Å². The number of rotatable bonds is 7. The fourth-order valence-corrected chi connectivity index (χ4v) is 2.67. The summed E-state index contributed by atoms with van der Waals surface area (Å²) < 4.78 is 5.53. The summed E-state index contributed by atoms with van der Waals surface area (Å²) >= 11 is 0. The van der Waals surface area contributed by atoms with Crippen LogP contribution in [-0.4, -0.2) is 31.8 Å². The van der Waals surface area contributed by atoms with E-state index >= 15 is 0 Å². The molecule has 0 spiro atoms. The summed E-state index contributed by atoms with van der Waals surface area (Å²) in [5.41, 5.74) is 7.22. The van der Waals surface area contributed by atoms with Crippen molar-refractivity contribution in [2.45, 2.75) is 51.5 Å². The third-order valence-electron chi connectivity index (χ3n) is 3.95. The second-order valence-electron chi connectivity index (χ2n) is 5.96. The fraction of sp³-hybridized carbons (Fsp3) is 0.867. The number of hydrogen-bond acceptors (Lipinski definition) is 3. The van der Waals surface area contributed by atoms with Gasteiger partial charge in [0.1, 0.15) is 0 Å². The molecule has 0 aromatic carbocycles. The fourth-order valence-electron chi connectivity index (χ4n) is 2.67. The first-order valence-corrected chi connectivity index (χ1v) is 7.25. The van der Waals surface area contributed by atoms with Crippen molar-refractivity contribution in [1.29, 1.82) is 0 Å². The highest BCUT2D eigenvalue weighted by Crippen LogP contribution is 2.29. The van der Waals surface area contributed by atoms with Crippen LogP contribution in [0, 0.1) is 5.92 Å². The van der Waals surface area contributed by atoms with Gasteiger partial charge in [0.2, 0.25) is 0 Å². The summed E-state index contributed by atoms with van der Waals surface area (Å²) in [7, 11) is 0. The highest BCUT2D eigenvalue weighted by Gasteiger charge is 2.30. The van der Waals surface area contributed by atoms with Gasteiger partial charge in [-0.1, -0.05) is 31.9 Å². The molecule has 0 aliphatic heterocycles. The van der Waals surface area contributed by atoms with Crippen LogP contribution in [0.15, 0.2) is 12.2 Å². The molecule has 0 heterocycles. The third kappa shape index (κ3) is 5.51. The van der Waals surface area contributed by atoms with Crippen LogP contribution in [0.5, 0.6) is 0 Å². The van der Waals surface area contributed by atoms with Gasteiger partial charge in [-0.3, -0.25) is 0 Å². The molecular formula is C15H30N2O. The van der Waals surface area contributed by atoms with Gasteiger partial charge in [0.15, 0.2) is 0 Å². The largest absolute Gasteiger partial charge is 0.376 e. The van der Waals surface area contributed by atoms with E-state index in [1.165, 1.54) is 32.1 Å². The predicted octanol–water partition coefficient (Wildman–Crippen LogP) is 2.47. The van der Waals surface area contributed by atoms with E-state index < -0.39 is 0 Å². The van der Waals surface area contributed by atoms with Gasteiger partial charge in [0.05, 0.1) is 13.2 Å². The Morgan fingerprint density at radius 3 is 2.89 bits per heavy atom. The van der Waals surface area contributed by atoms with E-state index in [2.05, 4.69) is 18.8 Å². The zero-order chi connectivity index (χ0) is 13.4. The monoisotopic (exact) mass is 254 g/mol. The van der Waals surface area contributed by atoms with Crippen LogP contribution in [-0.2, 0) is 4.74 Å². The SMILES string of the molecule is C=C(C)COCCNC1(CN)CCCC(C)CC1. The molecule has 0 radical (unpaired) electrons. The van der Waals surface area contributed by atoms with Gasteiger partial charge >= 0.3 is 0 Å². The zero-order valence-corrected chi connectivity index (χ0v) is 12.1. The van der Waals surface area contributed by atoms with Crippen molar-refractivity contribution in [3.63, 3.8) is 0 Å². The Bertz CT molecular complexity index is 255. The molecule has 0 bridgehead atoms. The first-order chi connectivity index (χ1) is 8.58. The maximum Gasteiger partial charge on any atom is 0.0672 e. The van der Waals surface area contributed by atoms with Crippen molar-refractivity contribution < 1.29 is 4.74 Å². The maximum absolute atomic E-state index is 6.00. The summed E-state index contributed by atoms with van der Waals surface area (Å²) in [4.78, 5) is 0. The van der Waals surface area contributed by atoms with Gasteiger partial charge in [-0.2, -0.15) is 0 Å². The second-order valence-corrected chi connectivity index (χ2v) is 5.96. The summed E-state index contributed by atoms with van der Waals surface area (Å²) in [5.74, 6) is 0.847. The van der Waals surface area contributed by atoms with Crippen LogP contribution in [0.25, 0.3) is 0 Å². The molecule has 0 aromatic rings. The smallest absolute Gasteiger partial charge is 0.0672 e. The molecule has 106 valence electrons. The number of hydrogen-bond donors (Lipinski definition) is 2. The minimum atomic E-state index is 0.150. The Hall–Kier alpha value is -0.380. The van der Waals surface area contributed by atoms with Crippen molar-refractivity contribution in [2.75, 3.05) is 26.3 Å². The molecule has 1 aliphatic carbocycles. The number of ether oxygens (including phenoxy) is 1. The molecule has 1 saturated carbocycles. The Morgan fingerprint density at radius 2 is 2.22 bits per heavy atom. The van der Waals surface area contributed by atoms with Crippen molar-refractivity contribution in [1.82, 2.24) is 5.32 Å². The van der Waals surface area contributed by atoms with Gasteiger partial charge in [-0.25, -0.2) is 0 Å². The summed E-state index contributed by atoms with van der Waals surface area (Å²) in [5, 5.41) is 3.64. The predicted molar refractivity (Wildman–Crippen MR) is 77.7 cm³/mol. The number of nitrogens with two attached hydrogens (primary N) is 1. The zero-order valence-electron chi connectivity index (χ0n) is 12.1. The van der Waals surface area contributed by atoms with Gasteiger partial charge < -0.3 is 15.8 Å². The van der Waals surface area contributed by atoms with Crippen molar-refractivity contribution in [2.24, 2.45) is 11.7 Å². The van der Waals surface area contributed by atoms with Crippen LogP contribution < -0.4 is 11.1 Å². The van der Waals surface area contributed by atoms with E-state index in [0.29, 0.717) is 6.61 Å². The molecular weight excluding hydrogens is 224 g/mol. The first kappa shape index (κ1) is 15.7. The van der Waals surface area contributed by atoms with E-state index in [1.54, 1.807) is 0 Å². The minimum Gasteiger partial charge on any atom is -0.376 e. The average molecular weight is 254 g/mol. The highest BCUT2D eigenvalue weighted by atomic mass is 16.5. The Labute approximate surface area is 112 Å². The van der Waals surface area contributed by atoms with Gasteiger partial charge in [-0.05, 0) is 32.1 Å². The Morgan fingerprint density at radius 1 is 1.44 bits per heavy atom. The minimum absolute atomic E-state index is 0.150. The lowest BCUT2D eigenvalue weighted by Gasteiger charge is -2.33. The molecule has 2 atom stereocenters. The van der Waals surface area contributed by atoms with Crippen LogP contribution in [0.4, 0.5) is 0 Å². The summed E-state index contributed by atoms with van der Waals surface area (Å²) in [6.07, 6.45) is 6.32. The lowest BCUT2D eigenvalue weighted by molar-refractivity contribution is 0.145. The maximum atomic E-state index is 6.00. The lowest BCUT2D eigenvalue weighted by atomic mass is 9.90. The Balaban J connectivity index is 2.28. The molecule has 2 unspecified atom stereocenters. The van der Waals surface area contributed by atoms with Gasteiger partial charge in [0.25, 0.3) is 0 Å². The van der Waals surface area contributed by atoms with E-state index in [1.807, 2.05) is 6.92 Å². The van der Waals surface area contributed by atoms with Crippen LogP contribution in [0.1, 0.15) is 46.0 Å². The molecule has 0 aromatic heterocycles. The average Bonchev–Trinajstić information content (AvgIpc) is 2.52. The van der Waals surface area contributed by atoms with Crippen molar-refractivity contribution in [3.05, 3.63) is 12.2 Å². The quantitative estimate of drug-likeness (QED) is 0.417. The molecule has 18 heavy (non-hydrogen) atoms. The van der Waals surface area contributed by atoms with Crippen LogP contribution >= 0.6 is 0 Å². The molecule has 3 heteroatoms. The van der Waals surface area contributed by atoms with E-state index in [-0.39, 0.29) is 5.54 Å². The molecule has 3 nitrogen and oxygen atoms in total. The molecule has 1 fully saturated rings. The van der Waals surface area contributed by atoms with Gasteiger partial charge in [0, 0.05) is 18.6 Å².